The van der Waals surface area contributed by atoms with Crippen LogP contribution in [0.15, 0.2) is 12.1 Å². The van der Waals surface area contributed by atoms with Gasteiger partial charge in [0.25, 0.3) is 5.91 Å². The number of aromatic nitrogens is 1. The summed E-state index contributed by atoms with van der Waals surface area (Å²) in [7, 11) is 0. The molecule has 1 fully saturated rings. The third-order valence-corrected chi connectivity index (χ3v) is 4.20. The van der Waals surface area contributed by atoms with Crippen molar-refractivity contribution in [3.05, 3.63) is 29.1 Å². The molecule has 1 aromatic heterocycles. The summed E-state index contributed by atoms with van der Waals surface area (Å²) in [6.45, 7) is 5.13. The van der Waals surface area contributed by atoms with Gasteiger partial charge in [-0.05, 0) is 19.1 Å². The number of hydrogen-bond acceptors (Lipinski definition) is 4. The standard InChI is InChI=1S/C13H16N2O3S/c1-8-7-15(5-6-19-8)12(16)11-4-3-10(13(17)18)9(2)14-11/h3-4,8H,5-7H2,1-2H3,(H,17,18). The van der Waals surface area contributed by atoms with Crippen LogP contribution in [0.3, 0.4) is 0 Å². The van der Waals surface area contributed by atoms with Gasteiger partial charge in [-0.25, -0.2) is 9.78 Å². The first-order valence-corrected chi connectivity index (χ1v) is 7.15. The molecule has 0 saturated carbocycles. The van der Waals surface area contributed by atoms with Crippen LogP contribution in [0.5, 0.6) is 0 Å². The zero-order valence-electron chi connectivity index (χ0n) is 10.9. The largest absolute Gasteiger partial charge is 0.478 e. The fraction of sp³-hybridized carbons (Fsp3) is 0.462. The van der Waals surface area contributed by atoms with E-state index in [9.17, 15) is 9.59 Å². The lowest BCUT2D eigenvalue weighted by molar-refractivity contribution is 0.0692. The number of pyridine rings is 1. The average Bonchev–Trinajstić information content (AvgIpc) is 2.37. The summed E-state index contributed by atoms with van der Waals surface area (Å²) in [5.74, 6) is -0.210. The number of carbonyl (C=O) groups excluding carboxylic acids is 1. The van der Waals surface area contributed by atoms with E-state index in [-0.39, 0.29) is 11.5 Å². The number of hydrogen-bond donors (Lipinski definition) is 1. The van der Waals surface area contributed by atoms with Crippen molar-refractivity contribution in [2.75, 3.05) is 18.8 Å². The van der Waals surface area contributed by atoms with Gasteiger partial charge in [0.2, 0.25) is 0 Å². The Morgan fingerprint density at radius 3 is 2.79 bits per heavy atom. The van der Waals surface area contributed by atoms with E-state index in [1.165, 1.54) is 12.1 Å². The maximum Gasteiger partial charge on any atom is 0.337 e. The molecule has 6 heteroatoms. The molecule has 2 rings (SSSR count). The van der Waals surface area contributed by atoms with Crippen LogP contribution in [0.1, 0.15) is 33.5 Å². The Kier molecular flexibility index (Phi) is 4.09. The number of thioether (sulfide) groups is 1. The summed E-state index contributed by atoms with van der Waals surface area (Å²) in [5, 5.41) is 9.37. The van der Waals surface area contributed by atoms with Crippen LogP contribution in [0, 0.1) is 6.92 Å². The molecule has 1 aromatic rings. The van der Waals surface area contributed by atoms with E-state index in [0.29, 0.717) is 23.2 Å². The van der Waals surface area contributed by atoms with E-state index in [4.69, 9.17) is 5.11 Å². The van der Waals surface area contributed by atoms with Gasteiger partial charge in [0, 0.05) is 24.1 Å². The highest BCUT2D eigenvalue weighted by molar-refractivity contribution is 7.99. The highest BCUT2D eigenvalue weighted by Gasteiger charge is 2.23. The maximum atomic E-state index is 12.3. The van der Waals surface area contributed by atoms with E-state index in [1.807, 2.05) is 11.8 Å². The second-order valence-corrected chi connectivity index (χ2v) is 6.11. The van der Waals surface area contributed by atoms with Crippen LogP contribution in [-0.4, -0.2) is 51.0 Å². The van der Waals surface area contributed by atoms with Crippen molar-refractivity contribution < 1.29 is 14.7 Å². The number of carboxylic acids is 1. The summed E-state index contributed by atoms with van der Waals surface area (Å²) in [6.07, 6.45) is 0. The molecule has 0 bridgehead atoms. The molecule has 1 saturated heterocycles. The highest BCUT2D eigenvalue weighted by Crippen LogP contribution is 2.19. The van der Waals surface area contributed by atoms with Crippen molar-refractivity contribution in [1.29, 1.82) is 0 Å². The number of amides is 1. The molecule has 1 aliphatic rings. The van der Waals surface area contributed by atoms with E-state index in [2.05, 4.69) is 11.9 Å². The first-order chi connectivity index (χ1) is 8.99. The summed E-state index contributed by atoms with van der Waals surface area (Å²) < 4.78 is 0. The second kappa shape index (κ2) is 5.61. The van der Waals surface area contributed by atoms with Crippen molar-refractivity contribution in [1.82, 2.24) is 9.88 Å². The molecule has 2 heterocycles. The first-order valence-electron chi connectivity index (χ1n) is 6.11. The zero-order valence-corrected chi connectivity index (χ0v) is 11.7. The van der Waals surface area contributed by atoms with Gasteiger partial charge in [0.05, 0.1) is 11.3 Å². The van der Waals surface area contributed by atoms with Crippen LogP contribution in [0.25, 0.3) is 0 Å². The van der Waals surface area contributed by atoms with Gasteiger partial charge in [0.15, 0.2) is 0 Å². The lowest BCUT2D eigenvalue weighted by Crippen LogP contribution is -2.41. The van der Waals surface area contributed by atoms with Crippen molar-refractivity contribution >= 4 is 23.6 Å². The molecule has 0 aromatic carbocycles. The van der Waals surface area contributed by atoms with E-state index in [1.54, 1.807) is 11.8 Å². The minimum atomic E-state index is -1.02. The fourth-order valence-corrected chi connectivity index (χ4v) is 3.08. The molecule has 0 spiro atoms. The minimum absolute atomic E-state index is 0.118. The van der Waals surface area contributed by atoms with Gasteiger partial charge in [0.1, 0.15) is 5.69 Å². The summed E-state index contributed by atoms with van der Waals surface area (Å²) in [6, 6.07) is 2.94. The number of rotatable bonds is 2. The lowest BCUT2D eigenvalue weighted by atomic mass is 10.1. The second-order valence-electron chi connectivity index (χ2n) is 4.57. The first kappa shape index (κ1) is 13.9. The molecular formula is C13H16N2O3S. The Labute approximate surface area is 116 Å². The van der Waals surface area contributed by atoms with Crippen molar-refractivity contribution in [3.8, 4) is 0 Å². The quantitative estimate of drug-likeness (QED) is 0.892. The molecule has 0 radical (unpaired) electrons. The number of carboxylic acid groups (broad SMARTS) is 1. The molecular weight excluding hydrogens is 264 g/mol. The summed E-state index contributed by atoms with van der Waals surface area (Å²) >= 11 is 1.85. The Hall–Kier alpha value is -1.56. The van der Waals surface area contributed by atoms with Gasteiger partial charge in [-0.1, -0.05) is 6.92 Å². The van der Waals surface area contributed by atoms with Crippen LogP contribution < -0.4 is 0 Å². The molecule has 19 heavy (non-hydrogen) atoms. The number of aryl methyl sites for hydroxylation is 1. The van der Waals surface area contributed by atoms with Crippen LogP contribution in [0.4, 0.5) is 0 Å². The molecule has 5 nitrogen and oxygen atoms in total. The van der Waals surface area contributed by atoms with E-state index in [0.717, 1.165) is 12.3 Å². The normalized spacial score (nSPS) is 19.3. The molecule has 1 N–H and O–H groups in total. The SMILES string of the molecule is Cc1nc(C(=O)N2CCSC(C)C2)ccc1C(=O)O. The van der Waals surface area contributed by atoms with Gasteiger partial charge in [-0.3, -0.25) is 4.79 Å². The predicted molar refractivity (Wildman–Crippen MR) is 73.8 cm³/mol. The maximum absolute atomic E-state index is 12.3. The number of aromatic carboxylic acids is 1. The molecule has 1 atom stereocenters. The van der Waals surface area contributed by atoms with Gasteiger partial charge in [-0.15, -0.1) is 0 Å². The van der Waals surface area contributed by atoms with Gasteiger partial charge >= 0.3 is 5.97 Å². The van der Waals surface area contributed by atoms with Crippen molar-refractivity contribution in [2.45, 2.75) is 19.1 Å². The van der Waals surface area contributed by atoms with Crippen LogP contribution in [0.2, 0.25) is 0 Å². The molecule has 102 valence electrons. The van der Waals surface area contributed by atoms with Crippen LogP contribution in [-0.2, 0) is 0 Å². The molecule has 1 unspecified atom stereocenters. The smallest absolute Gasteiger partial charge is 0.337 e. The number of nitrogens with zero attached hydrogens (tertiary/aromatic N) is 2. The van der Waals surface area contributed by atoms with Gasteiger partial charge < -0.3 is 10.0 Å². The third kappa shape index (κ3) is 3.07. The Morgan fingerprint density at radius 2 is 2.21 bits per heavy atom. The predicted octanol–water partition coefficient (Wildman–Crippen LogP) is 1.67. The zero-order chi connectivity index (χ0) is 14.0. The summed E-state index contributed by atoms with van der Waals surface area (Å²) in [4.78, 5) is 29.1. The lowest BCUT2D eigenvalue weighted by Gasteiger charge is -2.30. The molecule has 1 aliphatic heterocycles. The van der Waals surface area contributed by atoms with E-state index >= 15 is 0 Å². The van der Waals surface area contributed by atoms with Crippen molar-refractivity contribution in [2.24, 2.45) is 0 Å². The number of carbonyl (C=O) groups is 2. The average molecular weight is 280 g/mol. The van der Waals surface area contributed by atoms with E-state index < -0.39 is 5.97 Å². The summed E-state index contributed by atoms with van der Waals surface area (Å²) in [5.41, 5.74) is 0.832. The third-order valence-electron chi connectivity index (χ3n) is 3.06. The topological polar surface area (TPSA) is 70.5 Å². The Bertz CT molecular complexity index is 519. The molecule has 1 amide bonds. The van der Waals surface area contributed by atoms with Crippen molar-refractivity contribution in [3.63, 3.8) is 0 Å². The Morgan fingerprint density at radius 1 is 1.47 bits per heavy atom. The minimum Gasteiger partial charge on any atom is -0.478 e. The fourth-order valence-electron chi connectivity index (χ4n) is 2.07. The van der Waals surface area contributed by atoms with Crippen LogP contribution >= 0.6 is 11.8 Å². The highest BCUT2D eigenvalue weighted by atomic mass is 32.2. The van der Waals surface area contributed by atoms with Gasteiger partial charge in [-0.2, -0.15) is 11.8 Å². The Balaban J connectivity index is 2.19. The molecule has 0 aliphatic carbocycles. The monoisotopic (exact) mass is 280 g/mol.